The summed E-state index contributed by atoms with van der Waals surface area (Å²) >= 11 is 0. The van der Waals surface area contributed by atoms with E-state index in [1.54, 1.807) is 13.8 Å². The molecule has 2 aromatic rings. The molecule has 1 amide bonds. The van der Waals surface area contributed by atoms with Crippen molar-refractivity contribution in [3.8, 4) is 11.3 Å². The van der Waals surface area contributed by atoms with E-state index in [-0.39, 0.29) is 17.5 Å². The Morgan fingerprint density at radius 1 is 1.02 bits per heavy atom. The molecule has 0 bridgehead atoms. The second-order valence-electron chi connectivity index (χ2n) is 12.9. The Bertz CT molecular complexity index is 1180. The highest BCUT2D eigenvalue weighted by Gasteiger charge is 2.28. The first-order chi connectivity index (χ1) is 19.3. The number of carbonyl (C=O) groups excluding carboxylic acids is 1. The number of hydrogen-bond acceptors (Lipinski definition) is 4. The number of benzene rings is 1. The van der Waals surface area contributed by atoms with Gasteiger partial charge in [0.05, 0.1) is 16.1 Å². The molecule has 41 heavy (non-hydrogen) atoms. The first kappa shape index (κ1) is 33.5. The molecule has 2 fully saturated rings. The highest BCUT2D eigenvalue weighted by molar-refractivity contribution is 7.83. The standard InChI is InChI=1S/C31H47N3O4S.C2H6/c1-21-25(29(35)32-24-14-16-38-17-15-24)19-27(34(21)20-22-10-8-7-9-11-22)23-12-13-28(26(18-23)31(5,6)36)39(37)33-30(2,3)4;1-2/h12-13,18-19,22,24,33,36H,7-11,14-17,20H2,1-6H3,(H,32,35);1-2H3. The van der Waals surface area contributed by atoms with Crippen LogP contribution in [0.4, 0.5) is 0 Å². The summed E-state index contributed by atoms with van der Waals surface area (Å²) in [5.41, 5.74) is 2.60. The van der Waals surface area contributed by atoms with Crippen molar-refractivity contribution >= 4 is 16.9 Å². The molecule has 0 spiro atoms. The molecule has 2 heterocycles. The van der Waals surface area contributed by atoms with Crippen molar-refractivity contribution in [2.24, 2.45) is 5.92 Å². The van der Waals surface area contributed by atoms with Crippen molar-refractivity contribution in [2.45, 2.75) is 129 Å². The van der Waals surface area contributed by atoms with Gasteiger partial charge in [-0.1, -0.05) is 39.2 Å². The van der Waals surface area contributed by atoms with Gasteiger partial charge in [0.15, 0.2) is 0 Å². The first-order valence-corrected chi connectivity index (χ1v) is 16.6. The van der Waals surface area contributed by atoms with Crippen LogP contribution >= 0.6 is 0 Å². The molecule has 1 aliphatic heterocycles. The lowest BCUT2D eigenvalue weighted by molar-refractivity contribution is 0.0695. The average Bonchev–Trinajstić information content (AvgIpc) is 3.25. The van der Waals surface area contributed by atoms with Crippen molar-refractivity contribution in [3.63, 3.8) is 0 Å². The van der Waals surface area contributed by atoms with Gasteiger partial charge in [0.25, 0.3) is 5.91 Å². The van der Waals surface area contributed by atoms with Crippen LogP contribution in [0.2, 0.25) is 0 Å². The molecule has 3 N–H and O–H groups in total. The van der Waals surface area contributed by atoms with Crippen LogP contribution < -0.4 is 10.0 Å². The van der Waals surface area contributed by atoms with Gasteiger partial charge in [0.2, 0.25) is 0 Å². The Balaban J connectivity index is 0.00000226. The summed E-state index contributed by atoms with van der Waals surface area (Å²) in [6.45, 7) is 17.6. The average molecular weight is 588 g/mol. The van der Waals surface area contributed by atoms with Gasteiger partial charge in [0.1, 0.15) is 11.0 Å². The van der Waals surface area contributed by atoms with Crippen molar-refractivity contribution < 1.29 is 18.8 Å². The minimum absolute atomic E-state index is 0.0437. The molecular formula is C33H53N3O4S. The minimum atomic E-state index is -1.49. The van der Waals surface area contributed by atoms with Gasteiger partial charge in [0, 0.05) is 48.3 Å². The zero-order valence-electron chi connectivity index (χ0n) is 26.6. The molecule has 1 saturated carbocycles. The van der Waals surface area contributed by atoms with E-state index in [1.807, 2.05) is 65.8 Å². The second kappa shape index (κ2) is 14.5. The number of amides is 1. The van der Waals surface area contributed by atoms with Crippen molar-refractivity contribution in [2.75, 3.05) is 13.2 Å². The van der Waals surface area contributed by atoms with Gasteiger partial charge in [-0.3, -0.25) is 4.79 Å². The number of nitrogens with zero attached hydrogens (tertiary/aromatic N) is 1. The highest BCUT2D eigenvalue weighted by atomic mass is 32.2. The summed E-state index contributed by atoms with van der Waals surface area (Å²) in [4.78, 5) is 14.0. The molecule has 1 atom stereocenters. The molecule has 1 aliphatic carbocycles. The summed E-state index contributed by atoms with van der Waals surface area (Å²) in [7, 11) is -1.49. The molecule has 230 valence electrons. The van der Waals surface area contributed by atoms with E-state index in [9.17, 15) is 14.1 Å². The number of ether oxygens (including phenoxy) is 1. The van der Waals surface area contributed by atoms with Crippen LogP contribution in [0.15, 0.2) is 29.2 Å². The quantitative estimate of drug-likeness (QED) is 0.324. The SMILES string of the molecule is CC.Cc1c(C(=O)NC2CCOCC2)cc(-c2ccc(S(=O)NC(C)(C)C)c(C(C)(C)O)c2)n1CC1CCCCC1. The number of aliphatic hydroxyl groups is 1. The normalized spacial score (nSPS) is 18.0. The van der Waals surface area contributed by atoms with Crippen molar-refractivity contribution in [1.29, 1.82) is 0 Å². The number of aromatic nitrogens is 1. The molecule has 1 saturated heterocycles. The Morgan fingerprint density at radius 2 is 1.66 bits per heavy atom. The molecule has 7 nitrogen and oxygen atoms in total. The third-order valence-corrected chi connectivity index (χ3v) is 9.42. The summed E-state index contributed by atoms with van der Waals surface area (Å²) in [6.07, 6.45) is 7.86. The molecule has 1 unspecified atom stereocenters. The zero-order valence-corrected chi connectivity index (χ0v) is 27.4. The third kappa shape index (κ3) is 8.99. The predicted octanol–water partition coefficient (Wildman–Crippen LogP) is 6.62. The molecule has 1 aromatic carbocycles. The van der Waals surface area contributed by atoms with Gasteiger partial charge < -0.3 is 19.7 Å². The van der Waals surface area contributed by atoms with Gasteiger partial charge >= 0.3 is 0 Å². The van der Waals surface area contributed by atoms with Crippen LogP contribution in [0.5, 0.6) is 0 Å². The highest BCUT2D eigenvalue weighted by Crippen LogP contribution is 2.35. The minimum Gasteiger partial charge on any atom is -0.386 e. The van der Waals surface area contributed by atoms with Crippen LogP contribution in [-0.4, -0.2) is 44.6 Å². The second-order valence-corrected chi connectivity index (χ2v) is 14.1. The lowest BCUT2D eigenvalue weighted by atomic mass is 9.89. The van der Waals surface area contributed by atoms with E-state index in [0.29, 0.717) is 35.2 Å². The maximum Gasteiger partial charge on any atom is 0.253 e. The summed E-state index contributed by atoms with van der Waals surface area (Å²) in [5.74, 6) is 0.532. The van der Waals surface area contributed by atoms with Gasteiger partial charge in [-0.05, 0) is 96.9 Å². The number of rotatable bonds is 8. The Morgan fingerprint density at radius 3 is 2.24 bits per heavy atom. The lowest BCUT2D eigenvalue weighted by Gasteiger charge is -2.26. The maximum atomic E-state index is 13.5. The number of carbonyl (C=O) groups is 1. The fourth-order valence-corrected chi connectivity index (χ4v) is 7.11. The molecule has 4 rings (SSSR count). The first-order valence-electron chi connectivity index (χ1n) is 15.5. The third-order valence-electron chi connectivity index (χ3n) is 7.87. The predicted molar refractivity (Wildman–Crippen MR) is 168 cm³/mol. The largest absolute Gasteiger partial charge is 0.386 e. The van der Waals surface area contributed by atoms with Gasteiger partial charge in [-0.15, -0.1) is 0 Å². The topological polar surface area (TPSA) is 92.6 Å². The van der Waals surface area contributed by atoms with Crippen molar-refractivity contribution in [3.05, 3.63) is 41.1 Å². The Kier molecular flexibility index (Phi) is 11.8. The molecule has 8 heteroatoms. The number of nitrogens with one attached hydrogen (secondary N) is 2. The van der Waals surface area contributed by atoms with Gasteiger partial charge in [-0.2, -0.15) is 0 Å². The van der Waals surface area contributed by atoms with E-state index in [0.717, 1.165) is 36.3 Å². The van der Waals surface area contributed by atoms with Gasteiger partial charge in [-0.25, -0.2) is 8.93 Å². The van der Waals surface area contributed by atoms with E-state index in [1.165, 1.54) is 32.1 Å². The fraction of sp³-hybridized carbons (Fsp3) is 0.667. The van der Waals surface area contributed by atoms with E-state index < -0.39 is 16.6 Å². The van der Waals surface area contributed by atoms with Crippen LogP contribution in [-0.2, 0) is 27.9 Å². The monoisotopic (exact) mass is 587 g/mol. The zero-order chi connectivity index (χ0) is 30.4. The van der Waals surface area contributed by atoms with E-state index >= 15 is 0 Å². The smallest absolute Gasteiger partial charge is 0.253 e. The lowest BCUT2D eigenvalue weighted by Crippen LogP contribution is -2.39. The number of hydrogen-bond donors (Lipinski definition) is 3. The molecule has 1 aromatic heterocycles. The van der Waals surface area contributed by atoms with Crippen LogP contribution in [0, 0.1) is 12.8 Å². The Labute approximate surface area is 250 Å². The van der Waals surface area contributed by atoms with Crippen LogP contribution in [0.3, 0.4) is 0 Å². The summed E-state index contributed by atoms with van der Waals surface area (Å²) in [5, 5.41) is 14.3. The summed E-state index contributed by atoms with van der Waals surface area (Å²) in [6, 6.07) is 7.90. The Hall–Kier alpha value is -2.00. The molecular weight excluding hydrogens is 534 g/mol. The maximum absolute atomic E-state index is 13.5. The molecule has 2 aliphatic rings. The fourth-order valence-electron chi connectivity index (χ4n) is 5.74. The van der Waals surface area contributed by atoms with Crippen LogP contribution in [0.1, 0.15) is 115 Å². The van der Waals surface area contributed by atoms with E-state index in [4.69, 9.17) is 4.74 Å². The van der Waals surface area contributed by atoms with Crippen molar-refractivity contribution in [1.82, 2.24) is 14.6 Å². The van der Waals surface area contributed by atoms with E-state index in [2.05, 4.69) is 14.6 Å². The van der Waals surface area contributed by atoms with Crippen LogP contribution in [0.25, 0.3) is 11.3 Å². The summed E-state index contributed by atoms with van der Waals surface area (Å²) < 4.78 is 24.2. The molecule has 0 radical (unpaired) electrons.